The summed E-state index contributed by atoms with van der Waals surface area (Å²) in [5, 5.41) is 4.26. The number of carbonyl (C=O) groups excluding carboxylic acids is 1. The van der Waals surface area contributed by atoms with E-state index in [2.05, 4.69) is 17.1 Å². The Kier molecular flexibility index (Phi) is 6.57. The average Bonchev–Trinajstić information content (AvgIpc) is 2.81. The standard InChI is InChI=1S/C20H28FN3OS/c1-14-18(13-19(25)22-17-11-9-15(21)10-12-17)24(2)20(26-14)23-16-7-5-3-4-6-8-16/h9-12,14,16,18H,3-8,13H2,1-2H3,(H,22,25). The van der Waals surface area contributed by atoms with Crippen LogP contribution in [-0.4, -0.2) is 40.4 Å². The van der Waals surface area contributed by atoms with E-state index in [9.17, 15) is 9.18 Å². The lowest BCUT2D eigenvalue weighted by Gasteiger charge is -2.23. The molecule has 2 unspecified atom stereocenters. The molecule has 4 nitrogen and oxygen atoms in total. The minimum Gasteiger partial charge on any atom is -0.350 e. The van der Waals surface area contributed by atoms with Crippen LogP contribution >= 0.6 is 11.8 Å². The van der Waals surface area contributed by atoms with Gasteiger partial charge in [-0.3, -0.25) is 9.79 Å². The molecule has 0 radical (unpaired) electrons. The molecule has 0 aromatic heterocycles. The molecule has 26 heavy (non-hydrogen) atoms. The highest BCUT2D eigenvalue weighted by atomic mass is 32.2. The van der Waals surface area contributed by atoms with Crippen molar-refractivity contribution in [2.24, 2.45) is 4.99 Å². The van der Waals surface area contributed by atoms with Gasteiger partial charge in [0, 0.05) is 24.4 Å². The molecular formula is C20H28FN3OS. The van der Waals surface area contributed by atoms with Crippen LogP contribution in [0.2, 0.25) is 0 Å². The average molecular weight is 378 g/mol. The third-order valence-electron chi connectivity index (χ3n) is 5.27. The fourth-order valence-corrected chi connectivity index (χ4v) is 4.97. The van der Waals surface area contributed by atoms with E-state index in [1.54, 1.807) is 23.9 Å². The molecule has 0 bridgehead atoms. The number of aliphatic imine (C=N–C) groups is 1. The van der Waals surface area contributed by atoms with E-state index in [0.29, 0.717) is 23.4 Å². The van der Waals surface area contributed by atoms with Crippen molar-refractivity contribution in [3.8, 4) is 0 Å². The van der Waals surface area contributed by atoms with E-state index >= 15 is 0 Å². The largest absolute Gasteiger partial charge is 0.350 e. The molecule has 1 aromatic rings. The van der Waals surface area contributed by atoms with Crippen LogP contribution in [0.25, 0.3) is 0 Å². The number of halogens is 1. The zero-order chi connectivity index (χ0) is 18.5. The number of nitrogens with zero attached hydrogens (tertiary/aromatic N) is 2. The molecule has 1 aliphatic carbocycles. The molecule has 1 amide bonds. The van der Waals surface area contributed by atoms with Gasteiger partial charge in [0.05, 0.1) is 12.1 Å². The number of carbonyl (C=O) groups is 1. The van der Waals surface area contributed by atoms with Gasteiger partial charge in [0.15, 0.2) is 5.17 Å². The highest BCUT2D eigenvalue weighted by Gasteiger charge is 2.35. The third kappa shape index (κ3) is 5.00. The molecule has 1 aromatic carbocycles. The number of anilines is 1. The molecule has 2 atom stereocenters. The summed E-state index contributed by atoms with van der Waals surface area (Å²) in [5.41, 5.74) is 0.629. The van der Waals surface area contributed by atoms with Crippen LogP contribution in [0.1, 0.15) is 51.9 Å². The first-order chi connectivity index (χ1) is 12.5. The first-order valence-electron chi connectivity index (χ1n) is 9.55. The van der Waals surface area contributed by atoms with Gasteiger partial charge in [0.2, 0.25) is 5.91 Å². The minimum absolute atomic E-state index is 0.0448. The number of amides is 1. The van der Waals surface area contributed by atoms with Crippen molar-refractivity contribution in [2.75, 3.05) is 12.4 Å². The second-order valence-electron chi connectivity index (χ2n) is 7.32. The minimum atomic E-state index is -0.303. The van der Waals surface area contributed by atoms with Crippen molar-refractivity contribution >= 4 is 28.5 Å². The summed E-state index contributed by atoms with van der Waals surface area (Å²) in [4.78, 5) is 19.6. The van der Waals surface area contributed by atoms with E-state index < -0.39 is 0 Å². The molecule has 1 saturated heterocycles. The summed E-state index contributed by atoms with van der Waals surface area (Å²) in [6.07, 6.45) is 7.97. The van der Waals surface area contributed by atoms with Crippen LogP contribution in [-0.2, 0) is 4.79 Å². The normalized spacial score (nSPS) is 26.1. The van der Waals surface area contributed by atoms with Gasteiger partial charge in [-0.05, 0) is 37.1 Å². The number of hydrogen-bond donors (Lipinski definition) is 1. The maximum Gasteiger partial charge on any atom is 0.226 e. The van der Waals surface area contributed by atoms with Gasteiger partial charge in [-0.15, -0.1) is 0 Å². The summed E-state index contributed by atoms with van der Waals surface area (Å²) in [5.74, 6) is -0.348. The number of thioether (sulfide) groups is 1. The van der Waals surface area contributed by atoms with Crippen molar-refractivity contribution in [3.05, 3.63) is 30.1 Å². The molecule has 142 valence electrons. The Hall–Kier alpha value is -1.56. The highest BCUT2D eigenvalue weighted by Crippen LogP contribution is 2.33. The molecular weight excluding hydrogens is 349 g/mol. The van der Waals surface area contributed by atoms with Crippen molar-refractivity contribution in [1.29, 1.82) is 0 Å². The summed E-state index contributed by atoms with van der Waals surface area (Å²) < 4.78 is 13.0. The van der Waals surface area contributed by atoms with Gasteiger partial charge in [-0.1, -0.05) is 44.4 Å². The van der Waals surface area contributed by atoms with Crippen LogP contribution in [0, 0.1) is 5.82 Å². The van der Waals surface area contributed by atoms with E-state index in [1.165, 1.54) is 50.7 Å². The molecule has 2 fully saturated rings. The van der Waals surface area contributed by atoms with Crippen LogP contribution < -0.4 is 5.32 Å². The topological polar surface area (TPSA) is 44.7 Å². The van der Waals surface area contributed by atoms with E-state index in [1.807, 2.05) is 7.05 Å². The lowest BCUT2D eigenvalue weighted by atomic mass is 10.1. The maximum absolute atomic E-state index is 13.0. The number of hydrogen-bond acceptors (Lipinski definition) is 3. The number of nitrogens with one attached hydrogen (secondary N) is 1. The Morgan fingerprint density at radius 1 is 1.23 bits per heavy atom. The lowest BCUT2D eigenvalue weighted by molar-refractivity contribution is -0.117. The third-order valence-corrected chi connectivity index (χ3v) is 6.56. The second-order valence-corrected chi connectivity index (χ2v) is 8.66. The quantitative estimate of drug-likeness (QED) is 0.776. The van der Waals surface area contributed by atoms with Gasteiger partial charge >= 0.3 is 0 Å². The molecule has 1 N–H and O–H groups in total. The zero-order valence-corrected chi connectivity index (χ0v) is 16.4. The Morgan fingerprint density at radius 2 is 1.88 bits per heavy atom. The van der Waals surface area contributed by atoms with E-state index in [0.717, 1.165) is 5.17 Å². The van der Waals surface area contributed by atoms with E-state index in [4.69, 9.17) is 4.99 Å². The SMILES string of the molecule is CC1SC(=NC2CCCCCC2)N(C)C1CC(=O)Nc1ccc(F)cc1. The molecule has 1 aliphatic heterocycles. The molecule has 2 aliphatic rings. The summed E-state index contributed by atoms with van der Waals surface area (Å²) in [6.45, 7) is 2.16. The van der Waals surface area contributed by atoms with Gasteiger partial charge < -0.3 is 10.2 Å². The molecule has 0 spiro atoms. The Morgan fingerprint density at radius 3 is 2.54 bits per heavy atom. The van der Waals surface area contributed by atoms with Gasteiger partial charge in [-0.2, -0.15) is 0 Å². The molecule has 1 heterocycles. The van der Waals surface area contributed by atoms with Gasteiger partial charge in [0.1, 0.15) is 5.82 Å². The highest BCUT2D eigenvalue weighted by molar-refractivity contribution is 8.14. The molecule has 1 saturated carbocycles. The van der Waals surface area contributed by atoms with Crippen molar-refractivity contribution in [3.63, 3.8) is 0 Å². The lowest BCUT2D eigenvalue weighted by Crippen LogP contribution is -2.36. The fraction of sp³-hybridized carbons (Fsp3) is 0.600. The fourth-order valence-electron chi connectivity index (χ4n) is 3.69. The number of rotatable bonds is 4. The first-order valence-corrected chi connectivity index (χ1v) is 10.4. The van der Waals surface area contributed by atoms with Crippen molar-refractivity contribution < 1.29 is 9.18 Å². The first kappa shape index (κ1) is 19.2. The maximum atomic E-state index is 13.0. The van der Waals surface area contributed by atoms with Crippen LogP contribution in [0.15, 0.2) is 29.3 Å². The van der Waals surface area contributed by atoms with Crippen molar-refractivity contribution in [2.45, 2.75) is 69.2 Å². The molecule has 3 rings (SSSR count). The zero-order valence-electron chi connectivity index (χ0n) is 15.6. The smallest absolute Gasteiger partial charge is 0.226 e. The van der Waals surface area contributed by atoms with E-state index in [-0.39, 0.29) is 17.8 Å². The van der Waals surface area contributed by atoms with Crippen LogP contribution in [0.5, 0.6) is 0 Å². The Labute approximate surface area is 159 Å². The summed E-state index contributed by atoms with van der Waals surface area (Å²) in [6, 6.07) is 6.44. The predicted molar refractivity (Wildman–Crippen MR) is 107 cm³/mol. The van der Waals surface area contributed by atoms with Crippen LogP contribution in [0.3, 0.4) is 0 Å². The monoisotopic (exact) mass is 377 g/mol. The Bertz CT molecular complexity index is 641. The van der Waals surface area contributed by atoms with Gasteiger partial charge in [-0.25, -0.2) is 4.39 Å². The molecule has 6 heteroatoms. The predicted octanol–water partition coefficient (Wildman–Crippen LogP) is 4.67. The number of amidine groups is 1. The number of benzene rings is 1. The second kappa shape index (κ2) is 8.89. The summed E-state index contributed by atoms with van der Waals surface area (Å²) >= 11 is 1.78. The van der Waals surface area contributed by atoms with Crippen LogP contribution in [0.4, 0.5) is 10.1 Å². The van der Waals surface area contributed by atoms with Gasteiger partial charge in [0.25, 0.3) is 0 Å². The van der Waals surface area contributed by atoms with Crippen molar-refractivity contribution in [1.82, 2.24) is 4.90 Å². The summed E-state index contributed by atoms with van der Waals surface area (Å²) in [7, 11) is 2.04. The Balaban J connectivity index is 1.59.